The third kappa shape index (κ3) is 2.33. The number of amides is 1. The van der Waals surface area contributed by atoms with Crippen LogP contribution in [0.2, 0.25) is 0 Å². The van der Waals surface area contributed by atoms with E-state index in [1.165, 1.54) is 12.8 Å². The SMILES string of the molecule is CNC(=O)CCNC1C2CCCOC2C1(C)C. The maximum atomic E-state index is 11.2. The molecule has 0 aromatic heterocycles. The van der Waals surface area contributed by atoms with E-state index in [4.69, 9.17) is 4.74 Å². The lowest BCUT2D eigenvalue weighted by Gasteiger charge is -2.60. The Balaban J connectivity index is 1.82. The maximum absolute atomic E-state index is 11.2. The molecule has 1 saturated heterocycles. The van der Waals surface area contributed by atoms with Crippen LogP contribution in [0.4, 0.5) is 0 Å². The minimum Gasteiger partial charge on any atom is -0.377 e. The van der Waals surface area contributed by atoms with Gasteiger partial charge in [-0.15, -0.1) is 0 Å². The molecule has 0 aromatic carbocycles. The topological polar surface area (TPSA) is 50.4 Å². The summed E-state index contributed by atoms with van der Waals surface area (Å²) in [6.45, 7) is 6.20. The molecule has 17 heavy (non-hydrogen) atoms. The highest BCUT2D eigenvalue weighted by atomic mass is 16.5. The lowest BCUT2D eigenvalue weighted by Crippen LogP contribution is -2.69. The number of hydrogen-bond donors (Lipinski definition) is 2. The highest BCUT2D eigenvalue weighted by Crippen LogP contribution is 2.51. The van der Waals surface area contributed by atoms with Gasteiger partial charge in [0.2, 0.25) is 5.91 Å². The van der Waals surface area contributed by atoms with E-state index >= 15 is 0 Å². The summed E-state index contributed by atoms with van der Waals surface area (Å²) >= 11 is 0. The van der Waals surface area contributed by atoms with Crippen molar-refractivity contribution in [2.45, 2.75) is 45.3 Å². The number of rotatable bonds is 4. The molecule has 1 aliphatic heterocycles. The molecule has 1 aliphatic carbocycles. The molecule has 0 spiro atoms. The van der Waals surface area contributed by atoms with Gasteiger partial charge in [-0.05, 0) is 12.8 Å². The largest absolute Gasteiger partial charge is 0.377 e. The molecule has 1 saturated carbocycles. The Morgan fingerprint density at radius 2 is 2.24 bits per heavy atom. The normalized spacial score (nSPS) is 34.6. The second-order valence-corrected chi connectivity index (χ2v) is 5.77. The molecule has 2 aliphatic rings. The van der Waals surface area contributed by atoms with E-state index in [1.807, 2.05) is 0 Å². The molecule has 1 amide bonds. The first-order valence-corrected chi connectivity index (χ1v) is 6.63. The molecule has 4 nitrogen and oxygen atoms in total. The van der Waals surface area contributed by atoms with E-state index in [1.54, 1.807) is 7.05 Å². The molecule has 0 aromatic rings. The van der Waals surface area contributed by atoms with Crippen molar-refractivity contribution < 1.29 is 9.53 Å². The molecule has 0 bridgehead atoms. The van der Waals surface area contributed by atoms with Crippen molar-refractivity contribution in [3.05, 3.63) is 0 Å². The standard InChI is InChI=1S/C13H24N2O2/c1-13(2)11(15-7-6-10(16)14-3)9-5-4-8-17-12(9)13/h9,11-12,15H,4-8H2,1-3H3,(H,14,16). The Kier molecular flexibility index (Phi) is 3.73. The first-order chi connectivity index (χ1) is 8.07. The maximum Gasteiger partial charge on any atom is 0.221 e. The molecular weight excluding hydrogens is 216 g/mol. The molecular formula is C13H24N2O2. The number of ether oxygens (including phenoxy) is 1. The van der Waals surface area contributed by atoms with Gasteiger partial charge in [-0.25, -0.2) is 0 Å². The van der Waals surface area contributed by atoms with Gasteiger partial charge >= 0.3 is 0 Å². The smallest absolute Gasteiger partial charge is 0.221 e. The average Bonchev–Trinajstić information content (AvgIpc) is 2.34. The Labute approximate surface area is 103 Å². The van der Waals surface area contributed by atoms with Gasteiger partial charge in [-0.2, -0.15) is 0 Å². The van der Waals surface area contributed by atoms with Crippen LogP contribution in [0.25, 0.3) is 0 Å². The van der Waals surface area contributed by atoms with Crippen LogP contribution >= 0.6 is 0 Å². The summed E-state index contributed by atoms with van der Waals surface area (Å²) in [5.41, 5.74) is 0.202. The molecule has 0 radical (unpaired) electrons. The zero-order valence-corrected chi connectivity index (χ0v) is 11.1. The van der Waals surface area contributed by atoms with E-state index in [0.29, 0.717) is 24.5 Å². The zero-order valence-electron chi connectivity index (χ0n) is 11.1. The second kappa shape index (κ2) is 4.94. The van der Waals surface area contributed by atoms with E-state index in [-0.39, 0.29) is 11.3 Å². The van der Waals surface area contributed by atoms with Crippen molar-refractivity contribution in [1.82, 2.24) is 10.6 Å². The zero-order chi connectivity index (χ0) is 12.5. The van der Waals surface area contributed by atoms with Gasteiger partial charge in [0.25, 0.3) is 0 Å². The van der Waals surface area contributed by atoms with Crippen LogP contribution in [0, 0.1) is 11.3 Å². The molecule has 4 heteroatoms. The molecule has 3 atom stereocenters. The quantitative estimate of drug-likeness (QED) is 0.768. The average molecular weight is 240 g/mol. The first-order valence-electron chi connectivity index (χ1n) is 6.63. The van der Waals surface area contributed by atoms with Gasteiger partial charge in [0, 0.05) is 44.0 Å². The number of nitrogens with one attached hydrogen (secondary N) is 2. The Hall–Kier alpha value is -0.610. The lowest BCUT2D eigenvalue weighted by atomic mass is 9.55. The molecule has 3 unspecified atom stereocenters. The summed E-state index contributed by atoms with van der Waals surface area (Å²) in [5, 5.41) is 6.18. The summed E-state index contributed by atoms with van der Waals surface area (Å²) in [6, 6.07) is 0.498. The number of carbonyl (C=O) groups excluding carboxylic acids is 1. The Bertz CT molecular complexity index is 291. The Morgan fingerprint density at radius 3 is 2.94 bits per heavy atom. The van der Waals surface area contributed by atoms with Crippen molar-refractivity contribution in [3.8, 4) is 0 Å². The van der Waals surface area contributed by atoms with E-state index in [9.17, 15) is 4.79 Å². The monoisotopic (exact) mass is 240 g/mol. The highest BCUT2D eigenvalue weighted by molar-refractivity contribution is 5.75. The lowest BCUT2D eigenvalue weighted by molar-refractivity contribution is -0.192. The van der Waals surface area contributed by atoms with Crippen LogP contribution in [0.1, 0.15) is 33.1 Å². The van der Waals surface area contributed by atoms with Gasteiger partial charge < -0.3 is 15.4 Å². The fourth-order valence-electron chi connectivity index (χ4n) is 3.40. The van der Waals surface area contributed by atoms with Crippen molar-refractivity contribution in [3.63, 3.8) is 0 Å². The summed E-state index contributed by atoms with van der Waals surface area (Å²) in [7, 11) is 1.68. The number of hydrogen-bond acceptors (Lipinski definition) is 3. The van der Waals surface area contributed by atoms with Crippen LogP contribution in [0.15, 0.2) is 0 Å². The van der Waals surface area contributed by atoms with Crippen LogP contribution < -0.4 is 10.6 Å². The Morgan fingerprint density at radius 1 is 1.47 bits per heavy atom. The van der Waals surface area contributed by atoms with Crippen LogP contribution in [-0.2, 0) is 9.53 Å². The van der Waals surface area contributed by atoms with Gasteiger partial charge in [0.05, 0.1) is 6.10 Å². The number of fused-ring (bicyclic) bond motifs is 1. The van der Waals surface area contributed by atoms with Crippen molar-refractivity contribution in [2.75, 3.05) is 20.2 Å². The van der Waals surface area contributed by atoms with Gasteiger partial charge in [0.15, 0.2) is 0 Å². The fraction of sp³-hybridized carbons (Fsp3) is 0.923. The number of carbonyl (C=O) groups is 1. The summed E-state index contributed by atoms with van der Waals surface area (Å²) in [4.78, 5) is 11.2. The minimum atomic E-state index is 0.103. The van der Waals surface area contributed by atoms with Crippen molar-refractivity contribution >= 4 is 5.91 Å². The minimum absolute atomic E-state index is 0.103. The van der Waals surface area contributed by atoms with Crippen molar-refractivity contribution in [2.24, 2.45) is 11.3 Å². The van der Waals surface area contributed by atoms with Gasteiger partial charge in [-0.3, -0.25) is 4.79 Å². The molecule has 98 valence electrons. The van der Waals surface area contributed by atoms with Crippen LogP contribution in [0.5, 0.6) is 0 Å². The summed E-state index contributed by atoms with van der Waals surface area (Å²) < 4.78 is 5.85. The third-order valence-electron chi connectivity index (χ3n) is 4.33. The highest BCUT2D eigenvalue weighted by Gasteiger charge is 2.57. The molecule has 1 heterocycles. The third-order valence-corrected chi connectivity index (χ3v) is 4.33. The van der Waals surface area contributed by atoms with Crippen LogP contribution in [-0.4, -0.2) is 38.3 Å². The van der Waals surface area contributed by atoms with Gasteiger partial charge in [0.1, 0.15) is 0 Å². The van der Waals surface area contributed by atoms with E-state index in [2.05, 4.69) is 24.5 Å². The summed E-state index contributed by atoms with van der Waals surface area (Å²) in [6.07, 6.45) is 3.39. The second-order valence-electron chi connectivity index (χ2n) is 5.77. The summed E-state index contributed by atoms with van der Waals surface area (Å²) in [5.74, 6) is 0.745. The van der Waals surface area contributed by atoms with Crippen LogP contribution in [0.3, 0.4) is 0 Å². The fourth-order valence-corrected chi connectivity index (χ4v) is 3.40. The van der Waals surface area contributed by atoms with Gasteiger partial charge in [-0.1, -0.05) is 13.8 Å². The molecule has 2 N–H and O–H groups in total. The molecule has 2 rings (SSSR count). The van der Waals surface area contributed by atoms with E-state index in [0.717, 1.165) is 13.2 Å². The van der Waals surface area contributed by atoms with E-state index < -0.39 is 0 Å². The predicted molar refractivity (Wildman–Crippen MR) is 66.7 cm³/mol. The molecule has 2 fully saturated rings. The van der Waals surface area contributed by atoms with Crippen molar-refractivity contribution in [1.29, 1.82) is 0 Å². The predicted octanol–water partition coefficient (Wildman–Crippen LogP) is 0.916. The first kappa shape index (κ1) is 12.8.